The minimum absolute atomic E-state index is 0.235. The van der Waals surface area contributed by atoms with Gasteiger partial charge in [-0.3, -0.25) is 0 Å². The Morgan fingerprint density at radius 2 is 2.04 bits per heavy atom. The maximum atomic E-state index is 10.7. The van der Waals surface area contributed by atoms with Crippen LogP contribution in [0.3, 0.4) is 0 Å². The lowest BCUT2D eigenvalue weighted by atomic mass is 10.0. The van der Waals surface area contributed by atoms with Crippen molar-refractivity contribution in [1.82, 2.24) is 10.2 Å². The van der Waals surface area contributed by atoms with E-state index in [9.17, 15) is 5.11 Å². The van der Waals surface area contributed by atoms with E-state index in [2.05, 4.69) is 32.2 Å². The number of rotatable bonds is 6. The average Bonchev–Trinajstić information content (AvgIpc) is 3.27. The first-order chi connectivity index (χ1) is 13.5. The SMILES string of the molecule is CCNC(=NCC(C)(O)c1ccco1)N1CCN(c2cccc(OC)c2)CC1. The number of piperazine rings is 1. The van der Waals surface area contributed by atoms with E-state index < -0.39 is 5.60 Å². The van der Waals surface area contributed by atoms with E-state index in [-0.39, 0.29) is 6.54 Å². The van der Waals surface area contributed by atoms with Gasteiger partial charge in [0.2, 0.25) is 0 Å². The van der Waals surface area contributed by atoms with Gasteiger partial charge in [0.05, 0.1) is 19.9 Å². The van der Waals surface area contributed by atoms with Gasteiger partial charge in [-0.05, 0) is 38.1 Å². The Hall–Kier alpha value is -2.67. The molecule has 1 aromatic heterocycles. The molecule has 0 bridgehead atoms. The van der Waals surface area contributed by atoms with Crippen molar-refractivity contribution in [2.24, 2.45) is 4.99 Å². The van der Waals surface area contributed by atoms with Crippen LogP contribution in [0.4, 0.5) is 5.69 Å². The van der Waals surface area contributed by atoms with Crippen molar-refractivity contribution in [1.29, 1.82) is 0 Å². The predicted molar refractivity (Wildman–Crippen MR) is 111 cm³/mol. The summed E-state index contributed by atoms with van der Waals surface area (Å²) >= 11 is 0. The van der Waals surface area contributed by atoms with Gasteiger partial charge in [0.1, 0.15) is 17.1 Å². The molecule has 0 spiro atoms. The van der Waals surface area contributed by atoms with Crippen molar-refractivity contribution in [2.75, 3.05) is 51.3 Å². The summed E-state index contributed by atoms with van der Waals surface area (Å²) in [6.07, 6.45) is 1.57. The summed E-state index contributed by atoms with van der Waals surface area (Å²) in [5.41, 5.74) is 0.0359. The summed E-state index contributed by atoms with van der Waals surface area (Å²) in [5, 5.41) is 14.0. The van der Waals surface area contributed by atoms with Gasteiger partial charge >= 0.3 is 0 Å². The molecule has 0 saturated carbocycles. The third-order valence-electron chi connectivity index (χ3n) is 4.92. The number of nitrogens with zero attached hydrogens (tertiary/aromatic N) is 3. The maximum absolute atomic E-state index is 10.7. The lowest BCUT2D eigenvalue weighted by Crippen LogP contribution is -2.52. The second-order valence-corrected chi connectivity index (χ2v) is 7.10. The van der Waals surface area contributed by atoms with Crippen LogP contribution in [-0.2, 0) is 5.60 Å². The van der Waals surface area contributed by atoms with Gasteiger partial charge < -0.3 is 29.4 Å². The van der Waals surface area contributed by atoms with Crippen molar-refractivity contribution in [3.63, 3.8) is 0 Å². The number of ether oxygens (including phenoxy) is 1. The molecule has 0 aliphatic carbocycles. The molecule has 1 aliphatic rings. The molecule has 0 radical (unpaired) electrons. The number of nitrogens with one attached hydrogen (secondary N) is 1. The van der Waals surface area contributed by atoms with Crippen LogP contribution in [-0.4, -0.2) is 62.3 Å². The van der Waals surface area contributed by atoms with E-state index in [1.807, 2.05) is 19.1 Å². The second-order valence-electron chi connectivity index (χ2n) is 7.10. The predicted octanol–water partition coefficient (Wildman–Crippen LogP) is 2.28. The number of hydrogen-bond donors (Lipinski definition) is 2. The Balaban J connectivity index is 1.64. The Bertz CT molecular complexity index is 766. The Labute approximate surface area is 166 Å². The first-order valence-corrected chi connectivity index (χ1v) is 9.72. The summed E-state index contributed by atoms with van der Waals surface area (Å²) in [7, 11) is 1.69. The maximum Gasteiger partial charge on any atom is 0.194 e. The lowest BCUT2D eigenvalue weighted by molar-refractivity contribution is 0.0434. The number of anilines is 1. The van der Waals surface area contributed by atoms with Gasteiger partial charge in [-0.2, -0.15) is 0 Å². The third kappa shape index (κ3) is 4.78. The average molecular weight is 386 g/mol. The van der Waals surface area contributed by atoms with Gasteiger partial charge in [-0.15, -0.1) is 0 Å². The zero-order valence-corrected chi connectivity index (χ0v) is 16.9. The van der Waals surface area contributed by atoms with E-state index in [1.165, 1.54) is 5.69 Å². The molecule has 7 heteroatoms. The molecular formula is C21H30N4O3. The number of benzene rings is 1. The minimum Gasteiger partial charge on any atom is -0.497 e. The smallest absolute Gasteiger partial charge is 0.194 e. The Morgan fingerprint density at radius 1 is 1.25 bits per heavy atom. The molecule has 28 heavy (non-hydrogen) atoms. The zero-order valence-electron chi connectivity index (χ0n) is 16.9. The van der Waals surface area contributed by atoms with Gasteiger partial charge in [0, 0.05) is 44.5 Å². The van der Waals surface area contributed by atoms with Crippen molar-refractivity contribution < 1.29 is 14.3 Å². The van der Waals surface area contributed by atoms with Gasteiger partial charge in [-0.25, -0.2) is 4.99 Å². The molecule has 3 rings (SSSR count). The largest absolute Gasteiger partial charge is 0.497 e. The summed E-state index contributed by atoms with van der Waals surface area (Å²) in [6, 6.07) is 11.7. The van der Waals surface area contributed by atoms with Crippen molar-refractivity contribution >= 4 is 11.6 Å². The summed E-state index contributed by atoms with van der Waals surface area (Å²) in [4.78, 5) is 9.26. The number of methoxy groups -OCH3 is 1. The molecule has 1 unspecified atom stereocenters. The van der Waals surface area contributed by atoms with Gasteiger partial charge in [0.15, 0.2) is 5.96 Å². The Kier molecular flexibility index (Phi) is 6.46. The normalized spacial score (nSPS) is 17.4. The monoisotopic (exact) mass is 386 g/mol. The molecule has 0 amide bonds. The van der Waals surface area contributed by atoms with E-state index in [4.69, 9.17) is 9.15 Å². The molecule has 152 valence electrons. The summed E-state index contributed by atoms with van der Waals surface area (Å²) in [6.45, 7) is 8.28. The van der Waals surface area contributed by atoms with E-state index in [0.29, 0.717) is 5.76 Å². The van der Waals surface area contributed by atoms with Crippen molar-refractivity contribution in [2.45, 2.75) is 19.4 Å². The summed E-state index contributed by atoms with van der Waals surface area (Å²) in [5.74, 6) is 2.21. The van der Waals surface area contributed by atoms with Crippen molar-refractivity contribution in [3.8, 4) is 5.75 Å². The Morgan fingerprint density at radius 3 is 2.68 bits per heavy atom. The molecule has 1 aromatic carbocycles. The number of hydrogen-bond acceptors (Lipinski definition) is 5. The van der Waals surface area contributed by atoms with Crippen LogP contribution >= 0.6 is 0 Å². The highest BCUT2D eigenvalue weighted by molar-refractivity contribution is 5.80. The highest BCUT2D eigenvalue weighted by Crippen LogP contribution is 2.23. The molecule has 1 atom stereocenters. The van der Waals surface area contributed by atoms with Crippen LogP contribution in [0.15, 0.2) is 52.1 Å². The molecule has 7 nitrogen and oxygen atoms in total. The minimum atomic E-state index is -1.13. The fraction of sp³-hybridized carbons (Fsp3) is 0.476. The van der Waals surface area contributed by atoms with Crippen LogP contribution < -0.4 is 15.0 Å². The fourth-order valence-electron chi connectivity index (χ4n) is 3.30. The van der Waals surface area contributed by atoms with Gasteiger partial charge in [0.25, 0.3) is 0 Å². The fourth-order valence-corrected chi connectivity index (χ4v) is 3.30. The first-order valence-electron chi connectivity index (χ1n) is 9.72. The van der Waals surface area contributed by atoms with E-state index in [1.54, 1.807) is 32.4 Å². The lowest BCUT2D eigenvalue weighted by Gasteiger charge is -2.38. The summed E-state index contributed by atoms with van der Waals surface area (Å²) < 4.78 is 10.7. The quantitative estimate of drug-likeness (QED) is 0.586. The second kappa shape index (κ2) is 9.01. The third-order valence-corrected chi connectivity index (χ3v) is 4.92. The number of aliphatic imine (C=N–C) groups is 1. The van der Waals surface area contributed by atoms with E-state index in [0.717, 1.165) is 44.4 Å². The molecule has 1 saturated heterocycles. The van der Waals surface area contributed by atoms with Crippen LogP contribution in [0, 0.1) is 0 Å². The standard InChI is InChI=1S/C21H30N4O3/c1-4-22-20(23-16-21(2,26)19-9-6-14-28-19)25-12-10-24(11-13-25)17-7-5-8-18(15-17)27-3/h5-9,14-15,26H,4,10-13,16H2,1-3H3,(H,22,23). The zero-order chi connectivity index (χ0) is 20.0. The number of guanidine groups is 1. The van der Waals surface area contributed by atoms with E-state index >= 15 is 0 Å². The van der Waals surface area contributed by atoms with Crippen LogP contribution in [0.1, 0.15) is 19.6 Å². The highest BCUT2D eigenvalue weighted by atomic mass is 16.5. The van der Waals surface area contributed by atoms with Crippen LogP contribution in [0.5, 0.6) is 5.75 Å². The van der Waals surface area contributed by atoms with Crippen LogP contribution in [0.2, 0.25) is 0 Å². The molecule has 2 aromatic rings. The molecular weight excluding hydrogens is 356 g/mol. The molecule has 2 N–H and O–H groups in total. The van der Waals surface area contributed by atoms with Crippen LogP contribution in [0.25, 0.3) is 0 Å². The van der Waals surface area contributed by atoms with Crippen molar-refractivity contribution in [3.05, 3.63) is 48.4 Å². The molecule has 2 heterocycles. The first kappa shape index (κ1) is 20.1. The molecule has 1 aliphatic heterocycles. The topological polar surface area (TPSA) is 73.5 Å². The highest BCUT2D eigenvalue weighted by Gasteiger charge is 2.27. The number of aliphatic hydroxyl groups is 1. The number of furan rings is 1. The van der Waals surface area contributed by atoms with Gasteiger partial charge in [-0.1, -0.05) is 6.07 Å². The molecule has 1 fully saturated rings.